The molecule has 4 heterocycles. The Morgan fingerprint density at radius 3 is 1.63 bits per heavy atom. The van der Waals surface area contributed by atoms with Crippen molar-refractivity contribution >= 4 is 32.8 Å². The molecule has 3 aliphatic rings. The number of piperidine rings is 1. The minimum atomic E-state index is 0.302. The largest absolute Gasteiger partial charge is 0.341 e. The van der Waals surface area contributed by atoms with E-state index in [0.717, 1.165) is 52.1 Å². The lowest BCUT2D eigenvalue weighted by atomic mass is 9.97. The third-order valence-electron chi connectivity index (χ3n) is 9.97. The molecule has 3 fully saturated rings. The summed E-state index contributed by atoms with van der Waals surface area (Å²) in [5.74, 6) is 3.65. The van der Waals surface area contributed by atoms with Gasteiger partial charge in [0, 0.05) is 12.1 Å². The molecule has 2 saturated heterocycles. The first-order chi connectivity index (χ1) is 20.0. The fraction of sp³-hybridized carbons (Fsp3) is 0.314. The highest BCUT2D eigenvalue weighted by molar-refractivity contribution is 5.93. The van der Waals surface area contributed by atoms with E-state index in [-0.39, 0.29) is 0 Å². The molecule has 0 bridgehead atoms. The molecule has 6 heteroatoms. The van der Waals surface area contributed by atoms with Crippen LogP contribution in [0, 0.1) is 11.8 Å². The van der Waals surface area contributed by atoms with E-state index >= 15 is 0 Å². The highest BCUT2D eigenvalue weighted by atomic mass is 15.1. The zero-order valence-electron chi connectivity index (χ0n) is 23.4. The summed E-state index contributed by atoms with van der Waals surface area (Å²) in [7, 11) is 0. The fourth-order valence-electron chi connectivity index (χ4n) is 7.20. The Balaban J connectivity index is 0.994. The molecule has 9 rings (SSSR count). The van der Waals surface area contributed by atoms with E-state index in [4.69, 9.17) is 9.97 Å². The van der Waals surface area contributed by atoms with E-state index in [9.17, 15) is 0 Å². The molecule has 0 spiro atoms. The second kappa shape index (κ2) is 8.75. The summed E-state index contributed by atoms with van der Waals surface area (Å²) in [6.07, 6.45) is 3.66. The molecular weight excluding hydrogens is 504 g/mol. The number of fused-ring (bicyclic) bond motifs is 4. The van der Waals surface area contributed by atoms with Crippen molar-refractivity contribution in [2.24, 2.45) is 11.8 Å². The molecule has 0 amide bonds. The second-order valence-corrected chi connectivity index (χ2v) is 12.8. The summed E-state index contributed by atoms with van der Waals surface area (Å²) in [5, 5.41) is 9.88. The quantitative estimate of drug-likeness (QED) is 0.188. The number of aromatic amines is 2. The van der Waals surface area contributed by atoms with E-state index < -0.39 is 0 Å². The molecule has 4 aromatic carbocycles. The van der Waals surface area contributed by atoms with Crippen LogP contribution in [0.4, 0.5) is 0 Å². The molecule has 204 valence electrons. The molecule has 6 aromatic rings. The smallest absolute Gasteiger partial charge is 0.124 e. The molecule has 41 heavy (non-hydrogen) atoms. The third-order valence-corrected chi connectivity index (χ3v) is 9.97. The molecule has 1 saturated carbocycles. The van der Waals surface area contributed by atoms with Gasteiger partial charge in [0.05, 0.1) is 34.2 Å². The average Bonchev–Trinajstić information content (AvgIpc) is 3.42. The molecule has 1 unspecified atom stereocenters. The van der Waals surface area contributed by atoms with E-state index in [0.29, 0.717) is 24.0 Å². The maximum atomic E-state index is 4.90. The summed E-state index contributed by atoms with van der Waals surface area (Å²) in [6, 6.07) is 28.6. The Morgan fingerprint density at radius 1 is 0.585 bits per heavy atom. The predicted octanol–water partition coefficient (Wildman–Crippen LogP) is 7.41. The van der Waals surface area contributed by atoms with Crippen LogP contribution in [0.15, 0.2) is 72.8 Å². The van der Waals surface area contributed by atoms with Crippen LogP contribution in [0.3, 0.4) is 0 Å². The molecular formula is C35H34N6. The van der Waals surface area contributed by atoms with Crippen LogP contribution in [-0.2, 0) is 0 Å². The van der Waals surface area contributed by atoms with Gasteiger partial charge in [-0.3, -0.25) is 0 Å². The van der Waals surface area contributed by atoms with Gasteiger partial charge in [0.1, 0.15) is 11.6 Å². The number of aromatic nitrogens is 4. The summed E-state index contributed by atoms with van der Waals surface area (Å²) in [6.45, 7) is 4.57. The number of nitrogens with one attached hydrogen (secondary N) is 4. The van der Waals surface area contributed by atoms with Gasteiger partial charge in [0.15, 0.2) is 0 Å². The zero-order valence-corrected chi connectivity index (χ0v) is 23.4. The van der Waals surface area contributed by atoms with E-state index in [1.165, 1.54) is 45.9 Å². The van der Waals surface area contributed by atoms with Crippen molar-refractivity contribution in [3.8, 4) is 22.3 Å². The van der Waals surface area contributed by atoms with Crippen molar-refractivity contribution in [3.63, 3.8) is 0 Å². The van der Waals surface area contributed by atoms with Gasteiger partial charge >= 0.3 is 0 Å². The van der Waals surface area contributed by atoms with Crippen LogP contribution in [0.5, 0.6) is 0 Å². The molecule has 1 aliphatic carbocycles. The predicted molar refractivity (Wildman–Crippen MR) is 166 cm³/mol. The molecule has 2 aromatic heterocycles. The number of benzene rings is 4. The van der Waals surface area contributed by atoms with Crippen molar-refractivity contribution in [2.75, 3.05) is 0 Å². The number of hydrogen-bond donors (Lipinski definition) is 4. The van der Waals surface area contributed by atoms with Crippen molar-refractivity contribution < 1.29 is 0 Å². The maximum absolute atomic E-state index is 4.90. The Labute approximate surface area is 239 Å². The zero-order chi connectivity index (χ0) is 27.2. The van der Waals surface area contributed by atoms with Crippen LogP contribution in [-0.4, -0.2) is 32.0 Å². The Hall–Kier alpha value is -4.00. The van der Waals surface area contributed by atoms with Gasteiger partial charge in [0.25, 0.3) is 0 Å². The molecule has 4 N–H and O–H groups in total. The average molecular weight is 539 g/mol. The van der Waals surface area contributed by atoms with Gasteiger partial charge in [-0.05, 0) is 107 Å². The van der Waals surface area contributed by atoms with Crippen molar-refractivity contribution in [1.82, 2.24) is 30.6 Å². The maximum Gasteiger partial charge on any atom is 0.124 e. The lowest BCUT2D eigenvalue weighted by Crippen LogP contribution is -2.24. The number of imidazole rings is 2. The highest BCUT2D eigenvalue weighted by Crippen LogP contribution is 2.45. The third kappa shape index (κ3) is 4.00. The number of hydrogen-bond acceptors (Lipinski definition) is 4. The molecule has 0 radical (unpaired) electrons. The van der Waals surface area contributed by atoms with Crippen LogP contribution in [0.25, 0.3) is 55.1 Å². The van der Waals surface area contributed by atoms with Crippen molar-refractivity contribution in [3.05, 3.63) is 84.4 Å². The van der Waals surface area contributed by atoms with Gasteiger partial charge in [-0.2, -0.15) is 0 Å². The number of H-pyrrole nitrogens is 2. The second-order valence-electron chi connectivity index (χ2n) is 12.8. The van der Waals surface area contributed by atoms with Gasteiger partial charge in [-0.1, -0.05) is 43.3 Å². The first kappa shape index (κ1) is 23.7. The summed E-state index contributed by atoms with van der Waals surface area (Å²) in [4.78, 5) is 17.0. The standard InChI is InChI=1S/C35H34N6/c1-18-11-32(36-19(18)2)34-38-27-9-7-24(14-30(27)40-34)22-5-3-21-13-23(6-4-20(21)12-22)25-8-10-28-31(15-25)41-35(39-28)33-17-26-16-29(26)37-33/h3-10,12-15,18-19,26,29,32-33,36-37H,11,16-17H2,1-2H3,(H,38,40)(H,39,41)/t18-,19?,26-,29-,32+,33+/m1/s1. The van der Waals surface area contributed by atoms with E-state index in [1.807, 2.05) is 0 Å². The Morgan fingerprint density at radius 2 is 1.12 bits per heavy atom. The summed E-state index contributed by atoms with van der Waals surface area (Å²) < 4.78 is 0. The monoisotopic (exact) mass is 538 g/mol. The highest BCUT2D eigenvalue weighted by Gasteiger charge is 2.46. The van der Waals surface area contributed by atoms with Crippen molar-refractivity contribution in [2.45, 2.75) is 57.3 Å². The van der Waals surface area contributed by atoms with Gasteiger partial charge < -0.3 is 20.6 Å². The number of rotatable bonds is 4. The Bertz CT molecular complexity index is 1950. The van der Waals surface area contributed by atoms with Gasteiger partial charge in [-0.25, -0.2) is 9.97 Å². The first-order valence-corrected chi connectivity index (χ1v) is 15.1. The molecule has 6 atom stereocenters. The van der Waals surface area contributed by atoms with Gasteiger partial charge in [-0.15, -0.1) is 0 Å². The Kier molecular flexibility index (Phi) is 5.05. The summed E-state index contributed by atoms with van der Waals surface area (Å²) in [5.41, 5.74) is 9.13. The normalized spacial score (nSPS) is 27.3. The fourth-order valence-corrected chi connectivity index (χ4v) is 7.20. The summed E-state index contributed by atoms with van der Waals surface area (Å²) >= 11 is 0. The van der Waals surface area contributed by atoms with Crippen LogP contribution in [0.2, 0.25) is 0 Å². The van der Waals surface area contributed by atoms with Gasteiger partial charge in [0.2, 0.25) is 0 Å². The first-order valence-electron chi connectivity index (χ1n) is 15.1. The van der Waals surface area contributed by atoms with Crippen LogP contribution < -0.4 is 10.6 Å². The van der Waals surface area contributed by atoms with Crippen LogP contribution >= 0.6 is 0 Å². The van der Waals surface area contributed by atoms with E-state index in [1.54, 1.807) is 0 Å². The minimum absolute atomic E-state index is 0.302. The SMILES string of the molecule is CC1N[C@H](c2nc3ccc(-c4ccc5cc(-c6ccc7nc([C@@H]8C[C@H]9C[C@H]9N8)[nH]c7c6)ccc5c4)cc3[nH]2)C[C@H]1C. The lowest BCUT2D eigenvalue weighted by Gasteiger charge is -2.08. The van der Waals surface area contributed by atoms with Crippen molar-refractivity contribution in [1.29, 1.82) is 0 Å². The molecule has 2 aliphatic heterocycles. The topological polar surface area (TPSA) is 81.4 Å². The minimum Gasteiger partial charge on any atom is -0.341 e. The van der Waals surface area contributed by atoms with E-state index in [2.05, 4.69) is 107 Å². The van der Waals surface area contributed by atoms with Crippen LogP contribution in [0.1, 0.15) is 56.8 Å². The lowest BCUT2D eigenvalue weighted by molar-refractivity contribution is 0.516. The number of nitrogens with zero attached hydrogens (tertiary/aromatic N) is 2. The molecule has 6 nitrogen and oxygen atoms in total.